The topological polar surface area (TPSA) is 61.7 Å². The first-order chi connectivity index (χ1) is 15.2. The summed E-state index contributed by atoms with van der Waals surface area (Å²) in [5.41, 5.74) is 5.23. The van der Waals surface area contributed by atoms with Crippen LogP contribution in [0.4, 0.5) is 0 Å². The summed E-state index contributed by atoms with van der Waals surface area (Å²) in [7, 11) is 0. The molecule has 1 aliphatic rings. The molecule has 0 unspecified atom stereocenters. The Bertz CT molecular complexity index is 1230. The normalized spacial score (nSPS) is 17.0. The lowest BCUT2D eigenvalue weighted by molar-refractivity contribution is -0.122. The number of hydrogen-bond donors (Lipinski definition) is 2. The van der Waals surface area contributed by atoms with E-state index in [0.717, 1.165) is 28.3 Å². The van der Waals surface area contributed by atoms with Gasteiger partial charge in [-0.15, -0.1) is 0 Å². The molecule has 5 rings (SSSR count). The monoisotopic (exact) mass is 406 g/mol. The summed E-state index contributed by atoms with van der Waals surface area (Å²) in [6, 6.07) is 31.6. The standard InChI is InChI=1S/C27H22N2O2/c30-25-16-15-19-9-7-8-14-22(19)23(25)18-28-29-26(31)24-17-27(24,20-10-3-1-4-11-20)21-12-5-2-6-13-21/h1-16,18,24,30H,17H2,(H,29,31)/b28-18+/t24-/m0/s1. The molecule has 2 N–H and O–H groups in total. The second-order valence-electron chi connectivity index (χ2n) is 7.91. The van der Waals surface area contributed by atoms with Crippen LogP contribution >= 0.6 is 0 Å². The summed E-state index contributed by atoms with van der Waals surface area (Å²) in [6.45, 7) is 0. The second kappa shape index (κ2) is 7.73. The van der Waals surface area contributed by atoms with Gasteiger partial charge in [-0.25, -0.2) is 5.43 Å². The van der Waals surface area contributed by atoms with Crippen LogP contribution in [0.15, 0.2) is 102 Å². The van der Waals surface area contributed by atoms with Gasteiger partial charge in [0.2, 0.25) is 5.91 Å². The number of phenols is 1. The quantitative estimate of drug-likeness (QED) is 0.362. The minimum atomic E-state index is -0.330. The third-order valence-corrected chi connectivity index (χ3v) is 6.17. The molecule has 152 valence electrons. The van der Waals surface area contributed by atoms with Crippen molar-refractivity contribution in [3.05, 3.63) is 114 Å². The third kappa shape index (κ3) is 3.36. The number of hydrazone groups is 1. The van der Waals surface area contributed by atoms with E-state index < -0.39 is 0 Å². The Kier molecular flexibility index (Phi) is 4.75. The van der Waals surface area contributed by atoms with Gasteiger partial charge in [0.25, 0.3) is 0 Å². The van der Waals surface area contributed by atoms with Crippen molar-refractivity contribution in [2.24, 2.45) is 11.0 Å². The molecule has 0 radical (unpaired) electrons. The molecule has 0 saturated heterocycles. The van der Waals surface area contributed by atoms with E-state index in [1.165, 1.54) is 6.21 Å². The van der Waals surface area contributed by atoms with Gasteiger partial charge in [0.1, 0.15) is 5.75 Å². The fourth-order valence-corrected chi connectivity index (χ4v) is 4.51. The summed E-state index contributed by atoms with van der Waals surface area (Å²) in [5, 5.41) is 16.3. The number of nitrogens with zero attached hydrogens (tertiary/aromatic N) is 1. The van der Waals surface area contributed by atoms with E-state index in [2.05, 4.69) is 34.8 Å². The zero-order valence-electron chi connectivity index (χ0n) is 16.9. The molecule has 1 fully saturated rings. The summed E-state index contributed by atoms with van der Waals surface area (Å²) in [5.74, 6) is -0.190. The maximum absolute atomic E-state index is 13.0. The first-order valence-corrected chi connectivity index (χ1v) is 10.3. The fraction of sp³-hybridized carbons (Fsp3) is 0.111. The van der Waals surface area contributed by atoms with E-state index in [-0.39, 0.29) is 23.0 Å². The van der Waals surface area contributed by atoms with Gasteiger partial charge in [-0.05, 0) is 34.4 Å². The summed E-state index contributed by atoms with van der Waals surface area (Å²) in [4.78, 5) is 13.0. The molecule has 4 heteroatoms. The lowest BCUT2D eigenvalue weighted by atomic mass is 9.85. The molecule has 0 aliphatic heterocycles. The fourth-order valence-electron chi connectivity index (χ4n) is 4.51. The highest BCUT2D eigenvalue weighted by molar-refractivity contribution is 6.02. The first-order valence-electron chi connectivity index (χ1n) is 10.3. The van der Waals surface area contributed by atoms with E-state index in [1.54, 1.807) is 6.07 Å². The van der Waals surface area contributed by atoms with Crippen molar-refractivity contribution in [1.29, 1.82) is 0 Å². The molecule has 1 amide bonds. The van der Waals surface area contributed by atoms with Crippen molar-refractivity contribution in [3.63, 3.8) is 0 Å². The number of carbonyl (C=O) groups is 1. The van der Waals surface area contributed by atoms with Crippen LogP contribution < -0.4 is 5.43 Å². The van der Waals surface area contributed by atoms with Gasteiger partial charge in [-0.1, -0.05) is 91.0 Å². The molecule has 1 atom stereocenters. The van der Waals surface area contributed by atoms with Crippen LogP contribution in [-0.2, 0) is 10.2 Å². The Morgan fingerprint density at radius 2 is 1.48 bits per heavy atom. The first kappa shape index (κ1) is 19.1. The van der Waals surface area contributed by atoms with Crippen molar-refractivity contribution in [2.45, 2.75) is 11.8 Å². The van der Waals surface area contributed by atoms with Crippen LogP contribution in [0.5, 0.6) is 5.75 Å². The van der Waals surface area contributed by atoms with E-state index in [1.807, 2.05) is 66.7 Å². The van der Waals surface area contributed by atoms with Crippen LogP contribution in [0, 0.1) is 5.92 Å². The second-order valence-corrected chi connectivity index (χ2v) is 7.91. The highest BCUT2D eigenvalue weighted by Crippen LogP contribution is 2.58. The van der Waals surface area contributed by atoms with Crippen molar-refractivity contribution in [3.8, 4) is 5.75 Å². The number of carbonyl (C=O) groups excluding carboxylic acids is 1. The van der Waals surface area contributed by atoms with Crippen LogP contribution in [0.25, 0.3) is 10.8 Å². The van der Waals surface area contributed by atoms with E-state index >= 15 is 0 Å². The van der Waals surface area contributed by atoms with Crippen LogP contribution in [0.1, 0.15) is 23.1 Å². The third-order valence-electron chi connectivity index (χ3n) is 6.17. The Balaban J connectivity index is 1.40. The number of nitrogens with one attached hydrogen (secondary N) is 1. The smallest absolute Gasteiger partial charge is 0.244 e. The Labute approximate surface area is 180 Å². The lowest BCUT2D eigenvalue weighted by Crippen LogP contribution is -2.25. The van der Waals surface area contributed by atoms with Crippen LogP contribution in [0.2, 0.25) is 0 Å². The van der Waals surface area contributed by atoms with E-state index in [0.29, 0.717) is 5.56 Å². The Hall–Kier alpha value is -3.92. The zero-order valence-corrected chi connectivity index (χ0v) is 16.9. The molecular weight excluding hydrogens is 384 g/mol. The van der Waals surface area contributed by atoms with Gasteiger partial charge in [-0.3, -0.25) is 4.79 Å². The Morgan fingerprint density at radius 1 is 0.871 bits per heavy atom. The SMILES string of the molecule is O=C(N/N=C/c1c(O)ccc2ccccc12)[C@@H]1CC1(c1ccccc1)c1ccccc1. The minimum absolute atomic E-state index is 0.122. The van der Waals surface area contributed by atoms with Crippen molar-refractivity contribution >= 4 is 22.9 Å². The molecule has 0 aromatic heterocycles. The number of aromatic hydroxyl groups is 1. The van der Waals surface area contributed by atoms with E-state index in [4.69, 9.17) is 0 Å². The van der Waals surface area contributed by atoms with E-state index in [9.17, 15) is 9.90 Å². The van der Waals surface area contributed by atoms with Gasteiger partial charge in [0.15, 0.2) is 0 Å². The molecular formula is C27H22N2O2. The highest BCUT2D eigenvalue weighted by Gasteiger charge is 2.60. The molecule has 4 aromatic rings. The zero-order chi connectivity index (χ0) is 21.3. The van der Waals surface area contributed by atoms with Crippen LogP contribution in [0.3, 0.4) is 0 Å². The van der Waals surface area contributed by atoms with Gasteiger partial charge in [0, 0.05) is 11.0 Å². The molecule has 4 nitrogen and oxygen atoms in total. The van der Waals surface area contributed by atoms with Gasteiger partial charge >= 0.3 is 0 Å². The molecule has 31 heavy (non-hydrogen) atoms. The number of rotatable bonds is 5. The molecule has 0 bridgehead atoms. The molecule has 1 aliphatic carbocycles. The molecule has 4 aromatic carbocycles. The average Bonchev–Trinajstić information content (AvgIpc) is 3.59. The maximum Gasteiger partial charge on any atom is 0.244 e. The summed E-state index contributed by atoms with van der Waals surface area (Å²) >= 11 is 0. The molecule has 0 heterocycles. The maximum atomic E-state index is 13.0. The van der Waals surface area contributed by atoms with Gasteiger partial charge in [0.05, 0.1) is 12.1 Å². The Morgan fingerprint density at radius 3 is 2.16 bits per heavy atom. The number of benzene rings is 4. The van der Waals surface area contributed by atoms with Crippen molar-refractivity contribution < 1.29 is 9.90 Å². The predicted molar refractivity (Wildman–Crippen MR) is 123 cm³/mol. The molecule has 0 spiro atoms. The number of fused-ring (bicyclic) bond motifs is 1. The van der Waals surface area contributed by atoms with Gasteiger partial charge in [-0.2, -0.15) is 5.10 Å². The minimum Gasteiger partial charge on any atom is -0.507 e. The van der Waals surface area contributed by atoms with Gasteiger partial charge < -0.3 is 5.11 Å². The number of phenolic OH excluding ortho intramolecular Hbond substituents is 1. The van der Waals surface area contributed by atoms with Crippen molar-refractivity contribution in [2.75, 3.05) is 0 Å². The number of hydrogen-bond acceptors (Lipinski definition) is 3. The van der Waals surface area contributed by atoms with Crippen molar-refractivity contribution in [1.82, 2.24) is 5.43 Å². The lowest BCUT2D eigenvalue weighted by Gasteiger charge is -2.18. The predicted octanol–water partition coefficient (Wildman–Crippen LogP) is 5.00. The van der Waals surface area contributed by atoms with Crippen LogP contribution in [-0.4, -0.2) is 17.2 Å². The summed E-state index contributed by atoms with van der Waals surface area (Å²) in [6.07, 6.45) is 2.26. The molecule has 1 saturated carbocycles. The highest BCUT2D eigenvalue weighted by atomic mass is 16.3. The summed E-state index contributed by atoms with van der Waals surface area (Å²) < 4.78 is 0. The largest absolute Gasteiger partial charge is 0.507 e. The average molecular weight is 406 g/mol. The number of amides is 1.